The molecular weight excluding hydrogens is 629 g/mol. The first-order valence-corrected chi connectivity index (χ1v) is 16.9. The van der Waals surface area contributed by atoms with E-state index in [-0.39, 0.29) is 0 Å². The van der Waals surface area contributed by atoms with Crippen LogP contribution in [0.4, 0.5) is 0 Å². The summed E-state index contributed by atoms with van der Waals surface area (Å²) in [4.78, 5) is 15.3. The normalized spacial score (nSPS) is 11.9. The molecule has 6 heteroatoms. The van der Waals surface area contributed by atoms with E-state index in [0.29, 0.717) is 17.6 Å². The van der Waals surface area contributed by atoms with Crippen molar-refractivity contribution in [1.29, 1.82) is 0 Å². The summed E-state index contributed by atoms with van der Waals surface area (Å²) in [5.41, 5.74) is 9.34. The quantitative estimate of drug-likeness (QED) is 0.189. The third-order valence-electron chi connectivity index (χ3n) is 9.88. The Balaban J connectivity index is 1.13. The van der Waals surface area contributed by atoms with Gasteiger partial charge in [0, 0.05) is 43.4 Å². The number of furan rings is 2. The Morgan fingerprint density at radius 2 is 0.980 bits per heavy atom. The fourth-order valence-electron chi connectivity index (χ4n) is 7.55. The van der Waals surface area contributed by atoms with Gasteiger partial charge in [0.1, 0.15) is 22.3 Å². The Bertz CT molecular complexity index is 3100. The topological polar surface area (TPSA) is 69.9 Å². The number of hydrogen-bond donors (Lipinski definition) is 0. The van der Waals surface area contributed by atoms with Gasteiger partial charge >= 0.3 is 0 Å². The maximum absolute atomic E-state index is 6.43. The van der Waals surface area contributed by atoms with Gasteiger partial charge in [-0.1, -0.05) is 103 Å². The van der Waals surface area contributed by atoms with Crippen LogP contribution in [0.25, 0.3) is 106 Å². The van der Waals surface area contributed by atoms with Gasteiger partial charge in [-0.15, -0.1) is 0 Å². The molecule has 4 aromatic heterocycles. The molecule has 7 aromatic carbocycles. The van der Waals surface area contributed by atoms with Crippen molar-refractivity contribution in [3.8, 4) is 39.9 Å². The lowest BCUT2D eigenvalue weighted by Crippen LogP contribution is -2.06. The van der Waals surface area contributed by atoms with Crippen molar-refractivity contribution in [3.63, 3.8) is 0 Å². The van der Waals surface area contributed by atoms with Gasteiger partial charge in [-0.25, -0.2) is 4.98 Å². The SMILES string of the molecule is c1ccc(-c2nc(-c3ccc4oc5cccc(-c6ccc7c(c6)oc6ccccc67)c5c4c3)nc(-n3c4ccccc4c4ccccc43)n2)cc1. The highest BCUT2D eigenvalue weighted by atomic mass is 16.3. The van der Waals surface area contributed by atoms with Gasteiger partial charge in [0.2, 0.25) is 5.95 Å². The van der Waals surface area contributed by atoms with Crippen LogP contribution in [0.15, 0.2) is 167 Å². The summed E-state index contributed by atoms with van der Waals surface area (Å²) in [6, 6.07) is 53.9. The van der Waals surface area contributed by atoms with Crippen LogP contribution in [-0.4, -0.2) is 19.5 Å². The molecule has 0 saturated carbocycles. The van der Waals surface area contributed by atoms with E-state index >= 15 is 0 Å². The zero-order chi connectivity index (χ0) is 33.5. The molecule has 51 heavy (non-hydrogen) atoms. The van der Waals surface area contributed by atoms with Crippen molar-refractivity contribution < 1.29 is 8.83 Å². The maximum atomic E-state index is 6.43. The van der Waals surface area contributed by atoms with Gasteiger partial charge in [0.25, 0.3) is 0 Å². The van der Waals surface area contributed by atoms with Crippen molar-refractivity contribution in [2.45, 2.75) is 0 Å². The predicted molar refractivity (Wildman–Crippen MR) is 205 cm³/mol. The van der Waals surface area contributed by atoms with Gasteiger partial charge in [-0.3, -0.25) is 4.57 Å². The van der Waals surface area contributed by atoms with Crippen molar-refractivity contribution in [1.82, 2.24) is 19.5 Å². The maximum Gasteiger partial charge on any atom is 0.238 e. The van der Waals surface area contributed by atoms with Gasteiger partial charge in [-0.05, 0) is 65.7 Å². The monoisotopic (exact) mass is 654 g/mol. The summed E-state index contributed by atoms with van der Waals surface area (Å²) in [5, 5.41) is 6.53. The van der Waals surface area contributed by atoms with E-state index in [1.807, 2.05) is 72.8 Å². The Morgan fingerprint density at radius 3 is 1.78 bits per heavy atom. The molecule has 6 nitrogen and oxygen atoms in total. The lowest BCUT2D eigenvalue weighted by atomic mass is 9.97. The third kappa shape index (κ3) is 4.26. The highest BCUT2D eigenvalue weighted by Gasteiger charge is 2.20. The number of nitrogens with zero attached hydrogens (tertiary/aromatic N) is 4. The zero-order valence-electron chi connectivity index (χ0n) is 27.1. The summed E-state index contributed by atoms with van der Waals surface area (Å²) < 4.78 is 14.8. The van der Waals surface area contributed by atoms with E-state index in [4.69, 9.17) is 23.8 Å². The van der Waals surface area contributed by atoms with Crippen molar-refractivity contribution >= 4 is 65.7 Å². The molecule has 0 aliphatic heterocycles. The van der Waals surface area contributed by atoms with Crippen LogP contribution in [0.3, 0.4) is 0 Å². The molecule has 0 unspecified atom stereocenters. The summed E-state index contributed by atoms with van der Waals surface area (Å²) in [6.07, 6.45) is 0. The van der Waals surface area contributed by atoms with E-state index in [0.717, 1.165) is 87.9 Å². The van der Waals surface area contributed by atoms with E-state index in [2.05, 4.69) is 89.5 Å². The van der Waals surface area contributed by atoms with Crippen LogP contribution in [0.2, 0.25) is 0 Å². The number of benzene rings is 7. The number of para-hydroxylation sites is 3. The fraction of sp³-hybridized carbons (Fsp3) is 0. The second-order valence-electron chi connectivity index (χ2n) is 12.8. The number of hydrogen-bond acceptors (Lipinski definition) is 5. The highest BCUT2D eigenvalue weighted by Crippen LogP contribution is 2.40. The van der Waals surface area contributed by atoms with Crippen LogP contribution >= 0.6 is 0 Å². The smallest absolute Gasteiger partial charge is 0.238 e. The zero-order valence-corrected chi connectivity index (χ0v) is 27.1. The number of rotatable bonds is 4. The summed E-state index contributed by atoms with van der Waals surface area (Å²) in [7, 11) is 0. The Kier molecular flexibility index (Phi) is 5.86. The van der Waals surface area contributed by atoms with E-state index in [9.17, 15) is 0 Å². The van der Waals surface area contributed by atoms with Crippen molar-refractivity contribution in [2.24, 2.45) is 0 Å². The molecule has 0 N–H and O–H groups in total. The van der Waals surface area contributed by atoms with Crippen LogP contribution in [0.5, 0.6) is 0 Å². The number of fused-ring (bicyclic) bond motifs is 9. The average molecular weight is 655 g/mol. The Labute approximate surface area is 290 Å². The van der Waals surface area contributed by atoms with Crippen molar-refractivity contribution in [3.05, 3.63) is 158 Å². The molecule has 0 saturated heterocycles. The van der Waals surface area contributed by atoms with Gasteiger partial charge in [0.15, 0.2) is 11.6 Å². The molecule has 0 fully saturated rings. The average Bonchev–Trinajstić information content (AvgIpc) is 3.87. The minimum Gasteiger partial charge on any atom is -0.456 e. The molecule has 0 radical (unpaired) electrons. The van der Waals surface area contributed by atoms with E-state index in [1.54, 1.807) is 0 Å². The summed E-state index contributed by atoms with van der Waals surface area (Å²) >= 11 is 0. The first kappa shape index (κ1) is 27.9. The molecule has 0 spiro atoms. The van der Waals surface area contributed by atoms with Gasteiger partial charge in [0.05, 0.1) is 11.0 Å². The van der Waals surface area contributed by atoms with Crippen LogP contribution in [0, 0.1) is 0 Å². The molecular formula is C45H26N4O2. The fourth-order valence-corrected chi connectivity index (χ4v) is 7.55. The lowest BCUT2D eigenvalue weighted by molar-refractivity contribution is 0.668. The van der Waals surface area contributed by atoms with Crippen LogP contribution in [0.1, 0.15) is 0 Å². The van der Waals surface area contributed by atoms with Crippen molar-refractivity contribution in [2.75, 3.05) is 0 Å². The van der Waals surface area contributed by atoms with Crippen LogP contribution < -0.4 is 0 Å². The Morgan fingerprint density at radius 1 is 0.373 bits per heavy atom. The predicted octanol–water partition coefficient (Wildman–Crippen LogP) is 11.8. The molecule has 4 heterocycles. The first-order valence-electron chi connectivity index (χ1n) is 16.9. The standard InChI is InChI=1S/C45H26N4O2/c1-2-11-27(12-3-1)43-46-44(48-45(47-43)49-36-17-7-4-13-31(36)32-14-5-8-18-37(32)49)29-22-24-39-35(25-29)42-30(16-10-20-40(42)50-39)28-21-23-34-33-15-6-9-19-38(33)51-41(34)26-28/h1-26H. The highest BCUT2D eigenvalue weighted by molar-refractivity contribution is 6.14. The molecule has 0 aliphatic rings. The number of aromatic nitrogens is 4. The van der Waals surface area contributed by atoms with E-state index < -0.39 is 0 Å². The van der Waals surface area contributed by atoms with Gasteiger partial charge < -0.3 is 8.83 Å². The lowest BCUT2D eigenvalue weighted by Gasteiger charge is -2.11. The van der Waals surface area contributed by atoms with Gasteiger partial charge in [-0.2, -0.15) is 9.97 Å². The summed E-state index contributed by atoms with van der Waals surface area (Å²) in [5.74, 6) is 1.75. The molecule has 0 atom stereocenters. The molecule has 11 rings (SSSR count). The molecule has 0 amide bonds. The largest absolute Gasteiger partial charge is 0.456 e. The molecule has 0 aliphatic carbocycles. The first-order chi connectivity index (χ1) is 25.3. The molecule has 11 aromatic rings. The Hall–Kier alpha value is -7.05. The molecule has 0 bridgehead atoms. The molecule has 238 valence electrons. The second kappa shape index (κ2) is 10.7. The minimum absolute atomic E-state index is 0.563. The van der Waals surface area contributed by atoms with Crippen LogP contribution in [-0.2, 0) is 0 Å². The van der Waals surface area contributed by atoms with E-state index in [1.165, 1.54) is 0 Å². The summed E-state index contributed by atoms with van der Waals surface area (Å²) in [6.45, 7) is 0. The second-order valence-corrected chi connectivity index (χ2v) is 12.8. The minimum atomic E-state index is 0.563. The third-order valence-corrected chi connectivity index (χ3v) is 9.88.